The van der Waals surface area contributed by atoms with E-state index in [1.54, 1.807) is 12.1 Å². The van der Waals surface area contributed by atoms with Gasteiger partial charge in [0.1, 0.15) is 10.6 Å². The fourth-order valence-corrected chi connectivity index (χ4v) is 3.74. The summed E-state index contributed by atoms with van der Waals surface area (Å²) < 4.78 is 26.5. The average molecular weight is 269 g/mol. The molecular weight excluding hydrogens is 250 g/mol. The molecule has 5 heteroatoms. The van der Waals surface area contributed by atoms with Crippen LogP contribution in [0, 0.1) is 5.92 Å². The third-order valence-electron chi connectivity index (χ3n) is 3.16. The van der Waals surface area contributed by atoms with Gasteiger partial charge in [0.2, 0.25) is 10.0 Å². The number of hydrogen-bond donors (Lipinski definition) is 1. The maximum absolute atomic E-state index is 12.5. The van der Waals surface area contributed by atoms with Gasteiger partial charge in [-0.2, -0.15) is 4.31 Å². The first-order valence-corrected chi connectivity index (χ1v) is 7.66. The lowest BCUT2D eigenvalue weighted by atomic mass is 10.3. The highest BCUT2D eigenvalue weighted by Crippen LogP contribution is 2.34. The van der Waals surface area contributed by atoms with Crippen LogP contribution >= 0.6 is 0 Å². The van der Waals surface area contributed by atoms with Gasteiger partial charge in [-0.05, 0) is 44.7 Å². The fourth-order valence-electron chi connectivity index (χ4n) is 1.94. The Kier molecular flexibility index (Phi) is 3.64. The van der Waals surface area contributed by atoms with Crippen molar-refractivity contribution in [1.29, 1.82) is 0 Å². The predicted octanol–water partition coefficient (Wildman–Crippen LogP) is 2.20. The summed E-state index contributed by atoms with van der Waals surface area (Å²) in [4.78, 5) is -0.000602. The number of phenolic OH excluding ortho intramolecular Hbond substituents is 1. The largest absolute Gasteiger partial charge is 0.507 e. The number of aromatic hydroxyl groups is 1. The highest BCUT2D eigenvalue weighted by atomic mass is 32.2. The van der Waals surface area contributed by atoms with Crippen molar-refractivity contribution < 1.29 is 13.5 Å². The Hall–Kier alpha value is -1.07. The van der Waals surface area contributed by atoms with Crippen LogP contribution in [-0.2, 0) is 10.0 Å². The molecule has 1 fully saturated rings. The summed E-state index contributed by atoms with van der Waals surface area (Å²) in [5, 5.41) is 9.72. The van der Waals surface area contributed by atoms with Crippen molar-refractivity contribution in [2.45, 2.75) is 37.6 Å². The molecule has 1 aliphatic carbocycles. The predicted molar refractivity (Wildman–Crippen MR) is 69.9 cm³/mol. The van der Waals surface area contributed by atoms with Gasteiger partial charge in [0, 0.05) is 12.6 Å². The molecule has 0 saturated heterocycles. The first kappa shape index (κ1) is 13.4. The summed E-state index contributed by atoms with van der Waals surface area (Å²) in [5.74, 6) is 0.298. The first-order valence-electron chi connectivity index (χ1n) is 6.22. The van der Waals surface area contributed by atoms with Gasteiger partial charge in [-0.3, -0.25) is 0 Å². The van der Waals surface area contributed by atoms with Gasteiger partial charge < -0.3 is 5.11 Å². The van der Waals surface area contributed by atoms with E-state index in [2.05, 4.69) is 0 Å². The van der Waals surface area contributed by atoms with Crippen molar-refractivity contribution in [2.75, 3.05) is 6.54 Å². The molecule has 100 valence electrons. The molecule has 1 aromatic rings. The maximum atomic E-state index is 12.5. The molecule has 0 unspecified atom stereocenters. The summed E-state index contributed by atoms with van der Waals surface area (Å²) >= 11 is 0. The number of rotatable bonds is 5. The quantitative estimate of drug-likeness (QED) is 0.891. The molecule has 0 aromatic heterocycles. The van der Waals surface area contributed by atoms with Crippen molar-refractivity contribution in [3.8, 4) is 5.75 Å². The van der Waals surface area contributed by atoms with Gasteiger partial charge in [-0.1, -0.05) is 12.1 Å². The molecule has 18 heavy (non-hydrogen) atoms. The third-order valence-corrected chi connectivity index (χ3v) is 5.25. The zero-order chi connectivity index (χ0) is 13.3. The SMILES string of the molecule is CC(C)N(CC1CC1)S(=O)(=O)c1ccccc1O. The van der Waals surface area contributed by atoms with Crippen molar-refractivity contribution in [3.05, 3.63) is 24.3 Å². The van der Waals surface area contributed by atoms with E-state index in [9.17, 15) is 13.5 Å². The van der Waals surface area contributed by atoms with E-state index >= 15 is 0 Å². The van der Waals surface area contributed by atoms with E-state index in [4.69, 9.17) is 0 Å². The zero-order valence-corrected chi connectivity index (χ0v) is 11.5. The van der Waals surface area contributed by atoms with Crippen molar-refractivity contribution in [2.24, 2.45) is 5.92 Å². The minimum absolute atomic E-state index is 0.000602. The molecule has 0 bridgehead atoms. The molecule has 1 saturated carbocycles. The molecular formula is C13H19NO3S. The summed E-state index contributed by atoms with van der Waals surface area (Å²) in [7, 11) is -3.60. The molecule has 2 rings (SSSR count). The number of nitrogens with zero attached hydrogens (tertiary/aromatic N) is 1. The van der Waals surface area contributed by atoms with Crippen LogP contribution in [0.25, 0.3) is 0 Å². The Labute approximate surface area is 108 Å². The summed E-state index contributed by atoms with van der Waals surface area (Å²) in [6.45, 7) is 4.27. The fraction of sp³-hybridized carbons (Fsp3) is 0.538. The molecule has 1 aliphatic rings. The van der Waals surface area contributed by atoms with Gasteiger partial charge >= 0.3 is 0 Å². The van der Waals surface area contributed by atoms with E-state index in [1.165, 1.54) is 16.4 Å². The highest BCUT2D eigenvalue weighted by Gasteiger charge is 2.34. The second kappa shape index (κ2) is 4.90. The topological polar surface area (TPSA) is 57.6 Å². The molecule has 0 amide bonds. The van der Waals surface area contributed by atoms with E-state index in [-0.39, 0.29) is 16.7 Å². The smallest absolute Gasteiger partial charge is 0.246 e. The van der Waals surface area contributed by atoms with Crippen LogP contribution in [0.15, 0.2) is 29.2 Å². The first-order chi connectivity index (χ1) is 8.43. The standard InChI is InChI=1S/C13H19NO3S/c1-10(2)14(9-11-7-8-11)18(16,17)13-6-4-3-5-12(13)15/h3-6,10-11,15H,7-9H2,1-2H3. The van der Waals surface area contributed by atoms with E-state index in [0.29, 0.717) is 12.5 Å². The van der Waals surface area contributed by atoms with Gasteiger partial charge in [-0.15, -0.1) is 0 Å². The Balaban J connectivity index is 2.35. The lowest BCUT2D eigenvalue weighted by Gasteiger charge is -2.26. The van der Waals surface area contributed by atoms with Crippen LogP contribution in [0.1, 0.15) is 26.7 Å². The molecule has 0 spiro atoms. The monoisotopic (exact) mass is 269 g/mol. The maximum Gasteiger partial charge on any atom is 0.246 e. The van der Waals surface area contributed by atoms with Crippen molar-refractivity contribution in [3.63, 3.8) is 0 Å². The molecule has 0 heterocycles. The molecule has 0 atom stereocenters. The Bertz CT molecular complexity index is 521. The summed E-state index contributed by atoms with van der Waals surface area (Å²) in [5.41, 5.74) is 0. The molecule has 0 radical (unpaired) electrons. The molecule has 1 N–H and O–H groups in total. The minimum atomic E-state index is -3.60. The Morgan fingerprint density at radius 2 is 1.94 bits per heavy atom. The van der Waals surface area contributed by atoms with Crippen LogP contribution < -0.4 is 0 Å². The Morgan fingerprint density at radius 1 is 1.33 bits per heavy atom. The number of benzene rings is 1. The number of sulfonamides is 1. The van der Waals surface area contributed by atoms with E-state index in [1.807, 2.05) is 13.8 Å². The van der Waals surface area contributed by atoms with Crippen molar-refractivity contribution >= 4 is 10.0 Å². The van der Waals surface area contributed by atoms with Crippen LogP contribution in [-0.4, -0.2) is 30.4 Å². The molecule has 1 aromatic carbocycles. The van der Waals surface area contributed by atoms with Gasteiger partial charge in [-0.25, -0.2) is 8.42 Å². The lowest BCUT2D eigenvalue weighted by molar-refractivity contribution is 0.339. The van der Waals surface area contributed by atoms with Crippen LogP contribution in [0.4, 0.5) is 0 Å². The van der Waals surface area contributed by atoms with Crippen LogP contribution in [0.3, 0.4) is 0 Å². The third kappa shape index (κ3) is 2.67. The highest BCUT2D eigenvalue weighted by molar-refractivity contribution is 7.89. The van der Waals surface area contributed by atoms with E-state index in [0.717, 1.165) is 12.8 Å². The van der Waals surface area contributed by atoms with E-state index < -0.39 is 10.0 Å². The van der Waals surface area contributed by atoms with Gasteiger partial charge in [0.25, 0.3) is 0 Å². The lowest BCUT2D eigenvalue weighted by Crippen LogP contribution is -2.38. The zero-order valence-electron chi connectivity index (χ0n) is 10.7. The van der Waals surface area contributed by atoms with Crippen LogP contribution in [0.5, 0.6) is 5.75 Å². The van der Waals surface area contributed by atoms with Gasteiger partial charge in [0.15, 0.2) is 0 Å². The van der Waals surface area contributed by atoms with Gasteiger partial charge in [0.05, 0.1) is 0 Å². The normalized spacial score (nSPS) is 16.4. The second-order valence-corrected chi connectivity index (χ2v) is 6.94. The molecule has 4 nitrogen and oxygen atoms in total. The Morgan fingerprint density at radius 3 is 2.44 bits per heavy atom. The van der Waals surface area contributed by atoms with Crippen molar-refractivity contribution in [1.82, 2.24) is 4.31 Å². The average Bonchev–Trinajstić information content (AvgIpc) is 3.09. The molecule has 0 aliphatic heterocycles. The summed E-state index contributed by atoms with van der Waals surface area (Å²) in [6, 6.07) is 6.00. The minimum Gasteiger partial charge on any atom is -0.507 e. The number of hydrogen-bond acceptors (Lipinski definition) is 3. The number of para-hydroxylation sites is 1. The summed E-state index contributed by atoms with van der Waals surface area (Å²) in [6.07, 6.45) is 2.19. The van der Waals surface area contributed by atoms with Crippen LogP contribution in [0.2, 0.25) is 0 Å². The number of phenols is 1. The second-order valence-electron chi connectivity index (χ2n) is 5.08.